The molecule has 0 heterocycles. The standard InChI is InChI=1S/C17H28N2/c1-2-12-18-14-16(15-7-4-3-5-8-15)9-6-13-19-17-10-11-17/h3-5,7-8,16-19H,2,6,9-14H2,1H3. The maximum atomic E-state index is 3.61. The lowest BCUT2D eigenvalue weighted by molar-refractivity contribution is 0.515. The summed E-state index contributed by atoms with van der Waals surface area (Å²) in [6.07, 6.45) is 6.55. The summed E-state index contributed by atoms with van der Waals surface area (Å²) in [5.41, 5.74) is 1.48. The molecule has 1 fully saturated rings. The van der Waals surface area contributed by atoms with Crippen LogP contribution in [0.25, 0.3) is 0 Å². The van der Waals surface area contributed by atoms with Crippen LogP contribution in [0, 0.1) is 0 Å². The maximum absolute atomic E-state index is 3.61. The van der Waals surface area contributed by atoms with Gasteiger partial charge in [0.2, 0.25) is 0 Å². The predicted octanol–water partition coefficient (Wildman–Crippen LogP) is 3.30. The van der Waals surface area contributed by atoms with Crippen molar-refractivity contribution in [1.29, 1.82) is 0 Å². The number of hydrogen-bond acceptors (Lipinski definition) is 2. The van der Waals surface area contributed by atoms with E-state index < -0.39 is 0 Å². The summed E-state index contributed by atoms with van der Waals surface area (Å²) in [4.78, 5) is 0. The largest absolute Gasteiger partial charge is 0.316 e. The Morgan fingerprint density at radius 3 is 2.63 bits per heavy atom. The highest BCUT2D eigenvalue weighted by Gasteiger charge is 2.19. The van der Waals surface area contributed by atoms with Crippen molar-refractivity contribution in [3.8, 4) is 0 Å². The van der Waals surface area contributed by atoms with Gasteiger partial charge >= 0.3 is 0 Å². The summed E-state index contributed by atoms with van der Waals surface area (Å²) in [6.45, 7) is 5.65. The van der Waals surface area contributed by atoms with Crippen molar-refractivity contribution < 1.29 is 0 Å². The summed E-state index contributed by atoms with van der Waals surface area (Å²) in [6, 6.07) is 11.8. The first kappa shape index (κ1) is 14.5. The van der Waals surface area contributed by atoms with E-state index in [0.29, 0.717) is 5.92 Å². The van der Waals surface area contributed by atoms with E-state index in [2.05, 4.69) is 47.9 Å². The molecule has 0 bridgehead atoms. The SMILES string of the molecule is CCCNCC(CCCNC1CC1)c1ccccc1. The van der Waals surface area contributed by atoms with E-state index in [4.69, 9.17) is 0 Å². The normalized spacial score (nSPS) is 16.5. The molecule has 1 aromatic rings. The van der Waals surface area contributed by atoms with Crippen LogP contribution in [0.1, 0.15) is 50.5 Å². The molecule has 2 heteroatoms. The lowest BCUT2D eigenvalue weighted by atomic mass is 9.94. The molecule has 2 N–H and O–H groups in total. The van der Waals surface area contributed by atoms with Gasteiger partial charge in [-0.1, -0.05) is 37.3 Å². The average molecular weight is 260 g/mol. The van der Waals surface area contributed by atoms with Gasteiger partial charge in [0, 0.05) is 12.6 Å². The zero-order valence-corrected chi connectivity index (χ0v) is 12.2. The van der Waals surface area contributed by atoms with Crippen molar-refractivity contribution >= 4 is 0 Å². The van der Waals surface area contributed by atoms with Gasteiger partial charge in [-0.05, 0) is 56.7 Å². The summed E-state index contributed by atoms with van der Waals surface area (Å²) < 4.78 is 0. The van der Waals surface area contributed by atoms with E-state index in [9.17, 15) is 0 Å². The number of nitrogens with one attached hydrogen (secondary N) is 2. The van der Waals surface area contributed by atoms with Gasteiger partial charge in [0.05, 0.1) is 0 Å². The fourth-order valence-electron chi connectivity index (χ4n) is 2.51. The molecule has 1 aliphatic carbocycles. The van der Waals surface area contributed by atoms with E-state index in [0.717, 1.165) is 19.1 Å². The van der Waals surface area contributed by atoms with Crippen LogP contribution in [0.3, 0.4) is 0 Å². The van der Waals surface area contributed by atoms with Gasteiger partial charge in [-0.3, -0.25) is 0 Å². The molecule has 106 valence electrons. The minimum atomic E-state index is 0.661. The van der Waals surface area contributed by atoms with Gasteiger partial charge < -0.3 is 10.6 Å². The molecule has 1 aromatic carbocycles. The van der Waals surface area contributed by atoms with Crippen LogP contribution < -0.4 is 10.6 Å². The molecule has 1 atom stereocenters. The first-order valence-corrected chi connectivity index (χ1v) is 7.89. The van der Waals surface area contributed by atoms with E-state index >= 15 is 0 Å². The van der Waals surface area contributed by atoms with Crippen molar-refractivity contribution in [2.45, 2.75) is 51.0 Å². The van der Waals surface area contributed by atoms with Crippen molar-refractivity contribution in [2.24, 2.45) is 0 Å². The monoisotopic (exact) mass is 260 g/mol. The molecule has 1 saturated carbocycles. The fraction of sp³-hybridized carbons (Fsp3) is 0.647. The zero-order valence-electron chi connectivity index (χ0n) is 12.2. The lowest BCUT2D eigenvalue weighted by Gasteiger charge is -2.18. The molecule has 2 nitrogen and oxygen atoms in total. The Kier molecular flexibility index (Phi) is 6.38. The summed E-state index contributed by atoms with van der Waals surface area (Å²) >= 11 is 0. The molecule has 0 spiro atoms. The Balaban J connectivity index is 1.75. The van der Waals surface area contributed by atoms with Gasteiger partial charge in [0.25, 0.3) is 0 Å². The summed E-state index contributed by atoms with van der Waals surface area (Å²) in [7, 11) is 0. The third kappa shape index (κ3) is 5.75. The van der Waals surface area contributed by atoms with Crippen molar-refractivity contribution in [3.05, 3.63) is 35.9 Å². The van der Waals surface area contributed by atoms with Crippen molar-refractivity contribution in [2.75, 3.05) is 19.6 Å². The van der Waals surface area contributed by atoms with E-state index in [1.807, 2.05) is 0 Å². The Hall–Kier alpha value is -0.860. The lowest BCUT2D eigenvalue weighted by Crippen LogP contribution is -2.24. The molecule has 19 heavy (non-hydrogen) atoms. The number of hydrogen-bond donors (Lipinski definition) is 2. The molecule has 0 aliphatic heterocycles. The van der Waals surface area contributed by atoms with Gasteiger partial charge in [-0.25, -0.2) is 0 Å². The maximum Gasteiger partial charge on any atom is 0.00682 e. The smallest absolute Gasteiger partial charge is 0.00682 e. The second-order valence-corrected chi connectivity index (χ2v) is 5.68. The average Bonchev–Trinajstić information content (AvgIpc) is 3.27. The fourth-order valence-corrected chi connectivity index (χ4v) is 2.51. The molecule has 0 radical (unpaired) electrons. The Labute approximate surface area is 118 Å². The number of benzene rings is 1. The highest BCUT2D eigenvalue weighted by molar-refractivity contribution is 5.19. The summed E-state index contributed by atoms with van der Waals surface area (Å²) in [5.74, 6) is 0.661. The quantitative estimate of drug-likeness (QED) is 0.631. The molecule has 1 aliphatic rings. The van der Waals surface area contributed by atoms with E-state index in [-0.39, 0.29) is 0 Å². The molecule has 0 amide bonds. The van der Waals surface area contributed by atoms with Crippen LogP contribution in [0.2, 0.25) is 0 Å². The number of rotatable bonds is 10. The molecule has 0 saturated heterocycles. The van der Waals surface area contributed by atoms with Crippen molar-refractivity contribution in [3.63, 3.8) is 0 Å². The van der Waals surface area contributed by atoms with Crippen LogP contribution in [0.4, 0.5) is 0 Å². The molecule has 0 aromatic heterocycles. The van der Waals surface area contributed by atoms with Crippen molar-refractivity contribution in [1.82, 2.24) is 10.6 Å². The van der Waals surface area contributed by atoms with Crippen LogP contribution in [0.5, 0.6) is 0 Å². The van der Waals surface area contributed by atoms with Gasteiger partial charge in [0.1, 0.15) is 0 Å². The molecular weight excluding hydrogens is 232 g/mol. The topological polar surface area (TPSA) is 24.1 Å². The van der Waals surface area contributed by atoms with Gasteiger partial charge in [-0.15, -0.1) is 0 Å². The minimum Gasteiger partial charge on any atom is -0.316 e. The Bertz CT molecular complexity index is 332. The first-order chi connectivity index (χ1) is 9.40. The second-order valence-electron chi connectivity index (χ2n) is 5.68. The highest BCUT2D eigenvalue weighted by Crippen LogP contribution is 2.21. The summed E-state index contributed by atoms with van der Waals surface area (Å²) in [5, 5.41) is 7.19. The van der Waals surface area contributed by atoms with Crippen LogP contribution in [0.15, 0.2) is 30.3 Å². The second kappa shape index (κ2) is 8.34. The Morgan fingerprint density at radius 1 is 1.16 bits per heavy atom. The van der Waals surface area contributed by atoms with Gasteiger partial charge in [-0.2, -0.15) is 0 Å². The first-order valence-electron chi connectivity index (χ1n) is 7.89. The third-order valence-corrected chi connectivity index (χ3v) is 3.83. The van der Waals surface area contributed by atoms with E-state index in [1.54, 1.807) is 0 Å². The molecule has 2 rings (SSSR count). The van der Waals surface area contributed by atoms with E-state index in [1.165, 1.54) is 44.2 Å². The minimum absolute atomic E-state index is 0.661. The van der Waals surface area contributed by atoms with Crippen LogP contribution in [-0.2, 0) is 0 Å². The van der Waals surface area contributed by atoms with Crippen LogP contribution in [-0.4, -0.2) is 25.7 Å². The highest BCUT2D eigenvalue weighted by atomic mass is 14.9. The molecular formula is C17H28N2. The molecule has 1 unspecified atom stereocenters. The van der Waals surface area contributed by atoms with Crippen LogP contribution >= 0.6 is 0 Å². The van der Waals surface area contributed by atoms with Gasteiger partial charge in [0.15, 0.2) is 0 Å². The predicted molar refractivity (Wildman–Crippen MR) is 82.6 cm³/mol. The Morgan fingerprint density at radius 2 is 1.95 bits per heavy atom. The zero-order chi connectivity index (χ0) is 13.3. The third-order valence-electron chi connectivity index (χ3n) is 3.83.